The van der Waals surface area contributed by atoms with Crippen LogP contribution in [0.2, 0.25) is 0 Å². The summed E-state index contributed by atoms with van der Waals surface area (Å²) in [5.74, 6) is -0.491. The van der Waals surface area contributed by atoms with Crippen LogP contribution in [0.3, 0.4) is 0 Å². The number of carboxylic acid groups (broad SMARTS) is 1. The summed E-state index contributed by atoms with van der Waals surface area (Å²) in [4.78, 5) is 36.9. The topological polar surface area (TPSA) is 114 Å². The molecule has 8 heteroatoms. The Hall–Kier alpha value is -3.81. The van der Waals surface area contributed by atoms with Crippen LogP contribution < -0.4 is 10.1 Å². The highest BCUT2D eigenvalue weighted by atomic mass is 16.5. The zero-order valence-corrected chi connectivity index (χ0v) is 19.9. The Kier molecular flexibility index (Phi) is 8.03. The number of benzene rings is 1. The average molecular weight is 475 g/mol. The molecular formula is C27H30N4O4. The molecule has 0 aliphatic heterocycles. The first-order valence-corrected chi connectivity index (χ1v) is 12.0. The molecule has 0 saturated heterocycles. The quantitative estimate of drug-likeness (QED) is 0.432. The van der Waals surface area contributed by atoms with E-state index in [1.54, 1.807) is 6.92 Å². The molecule has 3 aromatic rings. The van der Waals surface area contributed by atoms with Crippen molar-refractivity contribution < 1.29 is 19.4 Å². The Morgan fingerprint density at radius 2 is 1.86 bits per heavy atom. The van der Waals surface area contributed by atoms with Gasteiger partial charge < -0.3 is 15.2 Å². The van der Waals surface area contributed by atoms with Crippen molar-refractivity contribution in [3.05, 3.63) is 82.7 Å². The number of ether oxygens (including phenoxy) is 1. The highest BCUT2D eigenvalue weighted by Crippen LogP contribution is 2.20. The summed E-state index contributed by atoms with van der Waals surface area (Å²) in [7, 11) is 0. The summed E-state index contributed by atoms with van der Waals surface area (Å²) in [6, 6.07) is 12.0. The first-order chi connectivity index (χ1) is 17.0. The molecule has 1 unspecified atom stereocenters. The van der Waals surface area contributed by atoms with Gasteiger partial charge in [0.25, 0.3) is 5.91 Å². The van der Waals surface area contributed by atoms with Crippen LogP contribution in [-0.4, -0.2) is 44.6 Å². The van der Waals surface area contributed by atoms with E-state index in [1.807, 2.05) is 24.3 Å². The number of hydrogen-bond acceptors (Lipinski definition) is 6. The summed E-state index contributed by atoms with van der Waals surface area (Å²) >= 11 is 0. The second-order valence-corrected chi connectivity index (χ2v) is 8.77. The zero-order chi connectivity index (χ0) is 24.6. The molecule has 0 saturated carbocycles. The maximum atomic E-state index is 12.4. The second-order valence-electron chi connectivity index (χ2n) is 8.77. The number of hydrogen-bond donors (Lipinski definition) is 2. The van der Waals surface area contributed by atoms with Gasteiger partial charge in [-0.3, -0.25) is 9.78 Å². The Balaban J connectivity index is 1.25. The van der Waals surface area contributed by atoms with Gasteiger partial charge in [0, 0.05) is 24.0 Å². The van der Waals surface area contributed by atoms with E-state index in [0.29, 0.717) is 12.4 Å². The van der Waals surface area contributed by atoms with Crippen LogP contribution in [0, 0.1) is 6.92 Å². The predicted molar refractivity (Wildman–Crippen MR) is 131 cm³/mol. The number of carbonyl (C=O) groups excluding carboxylic acids is 1. The molecule has 1 aliphatic carbocycles. The molecule has 2 N–H and O–H groups in total. The number of fused-ring (bicyclic) bond motifs is 1. The summed E-state index contributed by atoms with van der Waals surface area (Å²) in [6.07, 6.45) is 8.06. The second kappa shape index (κ2) is 11.6. The lowest BCUT2D eigenvalue weighted by Gasteiger charge is -2.15. The molecule has 35 heavy (non-hydrogen) atoms. The molecule has 2 heterocycles. The van der Waals surface area contributed by atoms with E-state index in [1.165, 1.54) is 36.4 Å². The highest BCUT2D eigenvalue weighted by Gasteiger charge is 2.22. The Morgan fingerprint density at radius 1 is 1.06 bits per heavy atom. The van der Waals surface area contributed by atoms with Crippen LogP contribution in [-0.2, 0) is 30.5 Å². The molecule has 2 aromatic heterocycles. The third-order valence-electron chi connectivity index (χ3n) is 6.06. The van der Waals surface area contributed by atoms with Gasteiger partial charge in [0.2, 0.25) is 0 Å². The van der Waals surface area contributed by atoms with Crippen molar-refractivity contribution in [2.24, 2.45) is 0 Å². The third kappa shape index (κ3) is 6.85. The van der Waals surface area contributed by atoms with Gasteiger partial charge in [0.15, 0.2) is 0 Å². The third-order valence-corrected chi connectivity index (χ3v) is 6.06. The number of amides is 1. The predicted octanol–water partition coefficient (Wildman–Crippen LogP) is 3.50. The average Bonchev–Trinajstić information content (AvgIpc) is 2.87. The van der Waals surface area contributed by atoms with Crippen LogP contribution in [0.25, 0.3) is 0 Å². The maximum Gasteiger partial charge on any atom is 0.326 e. The summed E-state index contributed by atoms with van der Waals surface area (Å²) < 4.78 is 5.85. The molecule has 1 atom stereocenters. The first-order valence-electron chi connectivity index (χ1n) is 12.0. The van der Waals surface area contributed by atoms with Gasteiger partial charge in [0.1, 0.15) is 23.3 Å². The number of pyridine rings is 1. The van der Waals surface area contributed by atoms with E-state index in [0.717, 1.165) is 42.7 Å². The summed E-state index contributed by atoms with van der Waals surface area (Å²) in [5.41, 5.74) is 4.68. The van der Waals surface area contributed by atoms with Crippen LogP contribution in [0.1, 0.15) is 58.1 Å². The molecule has 0 radical (unpaired) electrons. The van der Waals surface area contributed by atoms with Crippen molar-refractivity contribution in [3.8, 4) is 5.75 Å². The fraction of sp³-hybridized carbons (Fsp3) is 0.370. The monoisotopic (exact) mass is 474 g/mol. The smallest absolute Gasteiger partial charge is 0.326 e. The Labute approximate surface area is 204 Å². The van der Waals surface area contributed by atoms with Crippen LogP contribution in [0.15, 0.2) is 48.7 Å². The molecule has 0 spiro atoms. The van der Waals surface area contributed by atoms with E-state index in [2.05, 4.69) is 27.4 Å². The number of rotatable bonds is 10. The minimum atomic E-state index is -1.11. The van der Waals surface area contributed by atoms with E-state index >= 15 is 0 Å². The maximum absolute atomic E-state index is 12.4. The van der Waals surface area contributed by atoms with Gasteiger partial charge in [-0.25, -0.2) is 14.8 Å². The molecule has 1 amide bonds. The number of aliphatic carboxylic acids is 1. The number of nitrogens with one attached hydrogen (secondary N) is 1. The van der Waals surface area contributed by atoms with Crippen molar-refractivity contribution in [3.63, 3.8) is 0 Å². The molecule has 1 aliphatic rings. The van der Waals surface area contributed by atoms with Crippen molar-refractivity contribution >= 4 is 11.9 Å². The Bertz CT molecular complexity index is 1180. The Morgan fingerprint density at radius 3 is 2.63 bits per heavy atom. The minimum Gasteiger partial charge on any atom is -0.494 e. The largest absolute Gasteiger partial charge is 0.494 e. The van der Waals surface area contributed by atoms with E-state index in [9.17, 15) is 14.7 Å². The van der Waals surface area contributed by atoms with Crippen molar-refractivity contribution in [2.75, 3.05) is 6.61 Å². The molecular weight excluding hydrogens is 444 g/mol. The molecule has 8 nitrogen and oxygen atoms in total. The van der Waals surface area contributed by atoms with E-state index in [4.69, 9.17) is 9.72 Å². The summed E-state index contributed by atoms with van der Waals surface area (Å²) in [5, 5.41) is 12.1. The van der Waals surface area contributed by atoms with Gasteiger partial charge >= 0.3 is 5.97 Å². The van der Waals surface area contributed by atoms with Crippen LogP contribution >= 0.6 is 0 Å². The number of aromatic nitrogens is 3. The SMILES string of the molecule is Cc1nccc(C(=O)NC(Cc2ccc(OCCCc3ccc4c(n3)CCCC4)cc2)C(=O)O)n1. The van der Waals surface area contributed by atoms with Crippen molar-refractivity contribution in [2.45, 2.75) is 57.9 Å². The number of carbonyl (C=O) groups is 2. The van der Waals surface area contributed by atoms with E-state index in [-0.39, 0.29) is 12.1 Å². The molecule has 0 bridgehead atoms. The minimum absolute atomic E-state index is 0.137. The van der Waals surface area contributed by atoms with Crippen LogP contribution in [0.5, 0.6) is 5.75 Å². The lowest BCUT2D eigenvalue weighted by atomic mass is 9.95. The fourth-order valence-electron chi connectivity index (χ4n) is 4.18. The molecule has 182 valence electrons. The van der Waals surface area contributed by atoms with Crippen molar-refractivity contribution in [1.82, 2.24) is 20.3 Å². The number of carboxylic acids is 1. The molecule has 4 rings (SSSR count). The molecule has 1 aromatic carbocycles. The summed E-state index contributed by atoms with van der Waals surface area (Å²) in [6.45, 7) is 2.24. The van der Waals surface area contributed by atoms with Gasteiger partial charge in [0.05, 0.1) is 6.61 Å². The van der Waals surface area contributed by atoms with Gasteiger partial charge in [-0.1, -0.05) is 18.2 Å². The zero-order valence-electron chi connectivity index (χ0n) is 19.9. The lowest BCUT2D eigenvalue weighted by Crippen LogP contribution is -2.42. The van der Waals surface area contributed by atoms with E-state index < -0.39 is 17.9 Å². The van der Waals surface area contributed by atoms with Gasteiger partial charge in [-0.2, -0.15) is 0 Å². The van der Waals surface area contributed by atoms with Crippen LogP contribution in [0.4, 0.5) is 0 Å². The highest BCUT2D eigenvalue weighted by molar-refractivity contribution is 5.94. The number of aryl methyl sites for hydroxylation is 4. The lowest BCUT2D eigenvalue weighted by molar-refractivity contribution is -0.139. The normalized spacial score (nSPS) is 13.5. The fourth-order valence-corrected chi connectivity index (χ4v) is 4.18. The molecule has 0 fully saturated rings. The standard InChI is InChI=1S/C27H30N4O4/c1-18-28-15-14-24(29-18)26(32)31-25(27(33)34)17-19-8-12-22(13-9-19)35-16-4-6-21-11-10-20-5-2-3-7-23(20)30-21/h8-15,25H,2-7,16-17H2,1H3,(H,31,32)(H,33,34). The number of nitrogens with zero attached hydrogens (tertiary/aromatic N) is 3. The van der Waals surface area contributed by atoms with Gasteiger partial charge in [-0.15, -0.1) is 0 Å². The van der Waals surface area contributed by atoms with Crippen molar-refractivity contribution in [1.29, 1.82) is 0 Å². The first kappa shape index (κ1) is 24.3. The van der Waals surface area contributed by atoms with Gasteiger partial charge in [-0.05, 0) is 80.8 Å².